The number of hydrogen-bond donors (Lipinski definition) is 1. The van der Waals surface area contributed by atoms with E-state index in [0.717, 1.165) is 6.42 Å². The van der Waals surface area contributed by atoms with Crippen molar-refractivity contribution in [1.29, 1.82) is 0 Å². The van der Waals surface area contributed by atoms with Crippen molar-refractivity contribution in [3.05, 3.63) is 27.2 Å². The molecule has 0 aromatic carbocycles. The predicted octanol–water partition coefficient (Wildman–Crippen LogP) is -0.735. The second kappa shape index (κ2) is 4.77. The van der Waals surface area contributed by atoms with Crippen molar-refractivity contribution in [3.63, 3.8) is 0 Å². The van der Waals surface area contributed by atoms with E-state index >= 15 is 0 Å². The summed E-state index contributed by atoms with van der Waals surface area (Å²) < 4.78 is 4.35. The zero-order chi connectivity index (χ0) is 13.3. The highest BCUT2D eigenvalue weighted by Crippen LogP contribution is 2.05. The summed E-state index contributed by atoms with van der Waals surface area (Å²) in [6.07, 6.45) is 2.34. The Hall–Kier alpha value is -1.89. The third-order valence-corrected chi connectivity index (χ3v) is 2.88. The van der Waals surface area contributed by atoms with Crippen molar-refractivity contribution in [2.75, 3.05) is 6.54 Å². The molecule has 7 heteroatoms. The Labute approximate surface area is 103 Å². The first-order valence-electron chi connectivity index (χ1n) is 5.96. The summed E-state index contributed by atoms with van der Waals surface area (Å²) >= 11 is 0. The molecular weight excluding hydrogens is 234 g/mol. The fourth-order valence-corrected chi connectivity index (χ4v) is 2.06. The molecule has 0 unspecified atom stereocenters. The smallest absolute Gasteiger partial charge is 0.329 e. The Kier molecular flexibility index (Phi) is 3.33. The molecule has 0 bridgehead atoms. The molecule has 2 heterocycles. The highest BCUT2D eigenvalue weighted by atomic mass is 16.2. The van der Waals surface area contributed by atoms with Gasteiger partial charge in [0, 0.05) is 26.7 Å². The summed E-state index contributed by atoms with van der Waals surface area (Å²) in [6, 6.07) is 0. The first kappa shape index (κ1) is 12.6. The van der Waals surface area contributed by atoms with Crippen molar-refractivity contribution >= 4 is 11.2 Å². The van der Waals surface area contributed by atoms with Crippen molar-refractivity contribution in [2.24, 2.45) is 12.8 Å². The van der Waals surface area contributed by atoms with E-state index in [1.807, 2.05) is 6.92 Å². The summed E-state index contributed by atoms with van der Waals surface area (Å²) in [6.45, 7) is 2.99. The quantitative estimate of drug-likeness (QED) is 0.775. The minimum absolute atomic E-state index is 0.225. The second-order valence-electron chi connectivity index (χ2n) is 4.21. The third kappa shape index (κ3) is 1.76. The average Bonchev–Trinajstić information content (AvgIpc) is 2.72. The molecule has 0 saturated carbocycles. The topological polar surface area (TPSA) is 87.8 Å². The summed E-state index contributed by atoms with van der Waals surface area (Å²) in [4.78, 5) is 28.6. The molecule has 0 radical (unpaired) electrons. The Morgan fingerprint density at radius 2 is 2.00 bits per heavy atom. The molecule has 2 N–H and O–H groups in total. The van der Waals surface area contributed by atoms with Crippen LogP contribution in [-0.2, 0) is 20.1 Å². The Balaban J connectivity index is 2.89. The van der Waals surface area contributed by atoms with E-state index in [9.17, 15) is 9.59 Å². The van der Waals surface area contributed by atoms with Gasteiger partial charge in [-0.25, -0.2) is 9.78 Å². The predicted molar refractivity (Wildman–Crippen MR) is 68.6 cm³/mol. The summed E-state index contributed by atoms with van der Waals surface area (Å²) in [7, 11) is 1.74. The van der Waals surface area contributed by atoms with Gasteiger partial charge in [0.05, 0.1) is 6.33 Å². The van der Waals surface area contributed by atoms with Crippen LogP contribution in [0.3, 0.4) is 0 Å². The van der Waals surface area contributed by atoms with E-state index in [1.54, 1.807) is 17.9 Å². The molecule has 2 aromatic heterocycles. The Morgan fingerprint density at radius 1 is 1.28 bits per heavy atom. The van der Waals surface area contributed by atoms with Crippen LogP contribution in [0.1, 0.15) is 13.3 Å². The van der Waals surface area contributed by atoms with Crippen molar-refractivity contribution < 1.29 is 0 Å². The van der Waals surface area contributed by atoms with Gasteiger partial charge in [-0.1, -0.05) is 6.92 Å². The molecule has 0 aliphatic rings. The van der Waals surface area contributed by atoms with Gasteiger partial charge in [-0.05, 0) is 6.42 Å². The Bertz CT molecular complexity index is 679. The van der Waals surface area contributed by atoms with Gasteiger partial charge in [-0.15, -0.1) is 0 Å². The number of imidazole rings is 1. The van der Waals surface area contributed by atoms with Crippen LogP contribution in [0.5, 0.6) is 0 Å². The third-order valence-electron chi connectivity index (χ3n) is 2.88. The lowest BCUT2D eigenvalue weighted by Gasteiger charge is -2.10. The van der Waals surface area contributed by atoms with Gasteiger partial charge >= 0.3 is 5.69 Å². The molecule has 0 aliphatic heterocycles. The number of aromatic nitrogens is 4. The van der Waals surface area contributed by atoms with Crippen molar-refractivity contribution in [2.45, 2.75) is 26.4 Å². The lowest BCUT2D eigenvalue weighted by atomic mass is 10.4. The van der Waals surface area contributed by atoms with E-state index in [4.69, 9.17) is 5.73 Å². The maximum absolute atomic E-state index is 12.2. The van der Waals surface area contributed by atoms with Crippen LogP contribution in [0.25, 0.3) is 11.2 Å². The average molecular weight is 251 g/mol. The fraction of sp³-hybridized carbons (Fsp3) is 0.545. The van der Waals surface area contributed by atoms with Gasteiger partial charge in [0.2, 0.25) is 0 Å². The number of fused-ring (bicyclic) bond motifs is 1. The minimum atomic E-state index is -0.335. The van der Waals surface area contributed by atoms with Gasteiger partial charge in [-0.2, -0.15) is 0 Å². The lowest BCUT2D eigenvalue weighted by Crippen LogP contribution is -2.42. The number of hydrogen-bond acceptors (Lipinski definition) is 4. The normalized spacial score (nSPS) is 11.3. The molecule has 18 heavy (non-hydrogen) atoms. The van der Waals surface area contributed by atoms with Crippen LogP contribution in [-0.4, -0.2) is 25.2 Å². The first-order valence-corrected chi connectivity index (χ1v) is 5.96. The molecule has 0 atom stereocenters. The summed E-state index contributed by atoms with van der Waals surface area (Å²) in [5.41, 5.74) is 5.68. The van der Waals surface area contributed by atoms with Gasteiger partial charge in [-0.3, -0.25) is 13.9 Å². The molecule has 2 aromatic rings. The number of nitrogens with two attached hydrogens (primary N) is 1. The maximum Gasteiger partial charge on any atom is 0.332 e. The zero-order valence-corrected chi connectivity index (χ0v) is 10.6. The van der Waals surface area contributed by atoms with E-state index in [0.29, 0.717) is 17.7 Å². The lowest BCUT2D eigenvalue weighted by molar-refractivity contribution is 0.565. The SMILES string of the molecule is CCCn1c(=O)n(CCN)c(=O)c2c1ncn2C. The van der Waals surface area contributed by atoms with Crippen LogP contribution >= 0.6 is 0 Å². The highest BCUT2D eigenvalue weighted by molar-refractivity contribution is 5.69. The van der Waals surface area contributed by atoms with Crippen molar-refractivity contribution in [3.8, 4) is 0 Å². The van der Waals surface area contributed by atoms with Crippen LogP contribution in [0.2, 0.25) is 0 Å². The molecule has 0 spiro atoms. The Morgan fingerprint density at radius 3 is 2.61 bits per heavy atom. The molecule has 0 aliphatic carbocycles. The molecule has 0 fully saturated rings. The monoisotopic (exact) mass is 251 g/mol. The molecule has 0 saturated heterocycles. The van der Waals surface area contributed by atoms with Crippen LogP contribution in [0.4, 0.5) is 0 Å². The van der Waals surface area contributed by atoms with Gasteiger partial charge in [0.15, 0.2) is 11.2 Å². The standard InChI is InChI=1S/C11H17N5O2/c1-3-5-15-9-8(14(2)7-13-9)10(17)16(6-4-12)11(15)18/h7H,3-6,12H2,1-2H3. The van der Waals surface area contributed by atoms with E-state index in [1.165, 1.54) is 9.13 Å². The first-order chi connectivity index (χ1) is 8.61. The summed E-state index contributed by atoms with van der Waals surface area (Å²) in [5, 5.41) is 0. The molecule has 0 amide bonds. The minimum Gasteiger partial charge on any atom is -0.329 e. The molecule has 7 nitrogen and oxygen atoms in total. The maximum atomic E-state index is 12.2. The van der Waals surface area contributed by atoms with Gasteiger partial charge in [0.1, 0.15) is 0 Å². The number of rotatable bonds is 4. The van der Waals surface area contributed by atoms with E-state index in [2.05, 4.69) is 4.98 Å². The largest absolute Gasteiger partial charge is 0.332 e. The van der Waals surface area contributed by atoms with E-state index < -0.39 is 0 Å². The molecule has 2 rings (SSSR count). The molecule has 98 valence electrons. The number of aryl methyl sites for hydroxylation is 2. The van der Waals surface area contributed by atoms with Crippen LogP contribution in [0.15, 0.2) is 15.9 Å². The van der Waals surface area contributed by atoms with E-state index in [-0.39, 0.29) is 24.3 Å². The van der Waals surface area contributed by atoms with Crippen LogP contribution < -0.4 is 17.0 Å². The summed E-state index contributed by atoms with van der Waals surface area (Å²) in [5.74, 6) is 0. The number of nitrogens with zero attached hydrogens (tertiary/aromatic N) is 4. The van der Waals surface area contributed by atoms with Gasteiger partial charge in [0.25, 0.3) is 5.56 Å². The van der Waals surface area contributed by atoms with Crippen molar-refractivity contribution in [1.82, 2.24) is 18.7 Å². The molecular formula is C11H17N5O2. The highest BCUT2D eigenvalue weighted by Gasteiger charge is 2.15. The fourth-order valence-electron chi connectivity index (χ4n) is 2.06. The van der Waals surface area contributed by atoms with Gasteiger partial charge < -0.3 is 10.3 Å². The second-order valence-corrected chi connectivity index (χ2v) is 4.21. The zero-order valence-electron chi connectivity index (χ0n) is 10.6. The van der Waals surface area contributed by atoms with Crippen LogP contribution in [0, 0.1) is 0 Å².